The van der Waals surface area contributed by atoms with Crippen LogP contribution in [0.5, 0.6) is 5.88 Å². The Morgan fingerprint density at radius 3 is 2.60 bits per heavy atom. The molecule has 1 aromatic heterocycles. The Labute approximate surface area is 82.9 Å². The number of rotatable bonds is 3. The normalized spacial score (nSPS) is 10.5. The summed E-state index contributed by atoms with van der Waals surface area (Å²) in [5, 5.41) is 0. The van der Waals surface area contributed by atoms with Gasteiger partial charge in [0.1, 0.15) is 5.69 Å². The molecule has 0 aliphatic carbocycles. The van der Waals surface area contributed by atoms with Crippen molar-refractivity contribution in [2.24, 2.45) is 5.73 Å². The zero-order valence-electron chi connectivity index (χ0n) is 7.63. The van der Waals surface area contributed by atoms with E-state index in [0.717, 1.165) is 13.2 Å². The van der Waals surface area contributed by atoms with E-state index in [-0.39, 0.29) is 5.88 Å². The van der Waals surface area contributed by atoms with Crippen molar-refractivity contribution in [3.8, 4) is 5.88 Å². The molecule has 1 aromatic rings. The maximum absolute atomic E-state index is 13.2. The van der Waals surface area contributed by atoms with Crippen LogP contribution in [-0.4, -0.2) is 18.0 Å². The van der Waals surface area contributed by atoms with E-state index in [1.807, 2.05) is 0 Å². The number of aromatic nitrogens is 1. The number of hydrogen-bond donors (Lipinski definition) is 1. The van der Waals surface area contributed by atoms with Crippen molar-refractivity contribution in [3.63, 3.8) is 0 Å². The number of carbonyl (C=O) groups excluding carboxylic acids is 1. The molecule has 0 bridgehead atoms. The van der Waals surface area contributed by atoms with Gasteiger partial charge >= 0.3 is 0 Å². The summed E-state index contributed by atoms with van der Waals surface area (Å²) >= 11 is 0. The highest BCUT2D eigenvalue weighted by Crippen LogP contribution is 2.25. The lowest BCUT2D eigenvalue weighted by atomic mass is 10.2. The number of carbonyl (C=O) groups is 1. The Morgan fingerprint density at radius 1 is 1.60 bits per heavy atom. The first-order chi connectivity index (χ1) is 6.97. The van der Waals surface area contributed by atoms with Crippen molar-refractivity contribution in [2.45, 2.75) is 6.43 Å². The van der Waals surface area contributed by atoms with Crippen molar-refractivity contribution >= 4 is 5.91 Å². The van der Waals surface area contributed by atoms with Crippen LogP contribution >= 0.6 is 0 Å². The molecule has 0 saturated carbocycles. The van der Waals surface area contributed by atoms with Gasteiger partial charge in [-0.15, -0.1) is 0 Å². The second-order valence-electron chi connectivity index (χ2n) is 2.58. The third-order valence-electron chi connectivity index (χ3n) is 1.64. The number of ether oxygens (including phenoxy) is 1. The number of amides is 1. The van der Waals surface area contributed by atoms with Crippen LogP contribution in [0.15, 0.2) is 6.07 Å². The molecule has 0 aliphatic rings. The largest absolute Gasteiger partial charge is 0.481 e. The standard InChI is InChI=1S/C8H7F3N2O2/c1-15-4-2-3(8(12)14)5(9)6(13-4)7(10)11/h2,7H,1H3,(H2,12,14). The molecular weight excluding hydrogens is 213 g/mol. The number of nitrogens with zero attached hydrogens (tertiary/aromatic N) is 1. The molecule has 4 nitrogen and oxygen atoms in total. The second-order valence-corrected chi connectivity index (χ2v) is 2.58. The molecule has 0 spiro atoms. The molecule has 0 saturated heterocycles. The minimum absolute atomic E-state index is 0.291. The summed E-state index contributed by atoms with van der Waals surface area (Å²) in [6.07, 6.45) is -3.14. The average molecular weight is 220 g/mol. The quantitative estimate of drug-likeness (QED) is 0.834. The van der Waals surface area contributed by atoms with Gasteiger partial charge in [-0.25, -0.2) is 18.2 Å². The summed E-state index contributed by atoms with van der Waals surface area (Å²) in [5.74, 6) is -2.87. The van der Waals surface area contributed by atoms with Gasteiger partial charge in [-0.3, -0.25) is 4.79 Å². The number of pyridine rings is 1. The van der Waals surface area contributed by atoms with Crippen molar-refractivity contribution in [2.75, 3.05) is 7.11 Å². The molecular formula is C8H7F3N2O2. The van der Waals surface area contributed by atoms with Crippen LogP contribution in [0.4, 0.5) is 13.2 Å². The minimum Gasteiger partial charge on any atom is -0.481 e. The molecule has 7 heteroatoms. The molecule has 0 fully saturated rings. The third-order valence-corrected chi connectivity index (χ3v) is 1.64. The van der Waals surface area contributed by atoms with E-state index in [4.69, 9.17) is 5.73 Å². The number of nitrogens with two attached hydrogens (primary N) is 1. The molecule has 1 amide bonds. The topological polar surface area (TPSA) is 65.2 Å². The predicted octanol–water partition coefficient (Wildman–Crippen LogP) is 1.27. The van der Waals surface area contributed by atoms with Gasteiger partial charge in [0.25, 0.3) is 12.3 Å². The maximum Gasteiger partial charge on any atom is 0.283 e. The van der Waals surface area contributed by atoms with Gasteiger partial charge in [-0.1, -0.05) is 0 Å². The average Bonchev–Trinajstić information content (AvgIpc) is 2.17. The lowest BCUT2D eigenvalue weighted by Crippen LogP contribution is -2.16. The van der Waals surface area contributed by atoms with Crippen molar-refractivity contribution in [1.82, 2.24) is 4.98 Å². The van der Waals surface area contributed by atoms with Gasteiger partial charge in [-0.2, -0.15) is 0 Å². The molecule has 15 heavy (non-hydrogen) atoms. The van der Waals surface area contributed by atoms with E-state index in [1.165, 1.54) is 0 Å². The lowest BCUT2D eigenvalue weighted by Gasteiger charge is -2.07. The third kappa shape index (κ3) is 2.17. The van der Waals surface area contributed by atoms with Crippen LogP contribution in [0.25, 0.3) is 0 Å². The van der Waals surface area contributed by atoms with Crippen LogP contribution in [0.3, 0.4) is 0 Å². The summed E-state index contributed by atoms with van der Waals surface area (Å²) < 4.78 is 42.3. The Morgan fingerprint density at radius 2 is 2.20 bits per heavy atom. The Balaban J connectivity index is 3.40. The van der Waals surface area contributed by atoms with E-state index in [0.29, 0.717) is 0 Å². The number of halogens is 3. The molecule has 0 aliphatic heterocycles. The summed E-state index contributed by atoms with van der Waals surface area (Å²) in [5.41, 5.74) is 2.98. The van der Waals surface area contributed by atoms with Crippen LogP contribution in [0.1, 0.15) is 22.5 Å². The predicted molar refractivity (Wildman–Crippen MR) is 44.2 cm³/mol. The summed E-state index contributed by atoms with van der Waals surface area (Å²) in [6.45, 7) is 0. The monoisotopic (exact) mass is 220 g/mol. The Kier molecular flexibility index (Phi) is 3.13. The van der Waals surface area contributed by atoms with Gasteiger partial charge in [0, 0.05) is 6.07 Å². The molecule has 1 rings (SSSR count). The van der Waals surface area contributed by atoms with Crippen LogP contribution < -0.4 is 10.5 Å². The van der Waals surface area contributed by atoms with E-state index >= 15 is 0 Å². The highest BCUT2D eigenvalue weighted by Gasteiger charge is 2.22. The minimum atomic E-state index is -3.14. The van der Waals surface area contributed by atoms with Crippen LogP contribution in [0, 0.1) is 5.82 Å². The van der Waals surface area contributed by atoms with Gasteiger partial charge in [0.2, 0.25) is 5.88 Å². The van der Waals surface area contributed by atoms with Crippen molar-refractivity contribution in [1.29, 1.82) is 0 Å². The van der Waals surface area contributed by atoms with Crippen molar-refractivity contribution in [3.05, 3.63) is 23.1 Å². The smallest absolute Gasteiger partial charge is 0.283 e. The highest BCUT2D eigenvalue weighted by molar-refractivity contribution is 5.93. The highest BCUT2D eigenvalue weighted by atomic mass is 19.3. The van der Waals surface area contributed by atoms with Gasteiger partial charge in [-0.05, 0) is 0 Å². The summed E-state index contributed by atoms with van der Waals surface area (Å²) in [4.78, 5) is 13.9. The first kappa shape index (κ1) is 11.3. The van der Waals surface area contributed by atoms with Crippen LogP contribution in [0.2, 0.25) is 0 Å². The Bertz CT molecular complexity index is 396. The first-order valence-corrected chi connectivity index (χ1v) is 3.79. The second kappa shape index (κ2) is 4.16. The first-order valence-electron chi connectivity index (χ1n) is 3.79. The molecule has 82 valence electrons. The van der Waals surface area contributed by atoms with Gasteiger partial charge < -0.3 is 10.5 Å². The zero-order valence-corrected chi connectivity index (χ0v) is 7.63. The fourth-order valence-electron chi connectivity index (χ4n) is 0.953. The lowest BCUT2D eigenvalue weighted by molar-refractivity contribution is 0.0993. The SMILES string of the molecule is COc1cc(C(N)=O)c(F)c(C(F)F)n1. The van der Waals surface area contributed by atoms with E-state index in [9.17, 15) is 18.0 Å². The molecule has 1 heterocycles. The van der Waals surface area contributed by atoms with E-state index in [2.05, 4.69) is 9.72 Å². The summed E-state index contributed by atoms with van der Waals surface area (Å²) in [7, 11) is 1.15. The number of hydrogen-bond acceptors (Lipinski definition) is 3. The zero-order chi connectivity index (χ0) is 11.6. The summed E-state index contributed by atoms with van der Waals surface area (Å²) in [6, 6.07) is 0.865. The van der Waals surface area contributed by atoms with E-state index in [1.54, 1.807) is 0 Å². The molecule has 2 N–H and O–H groups in total. The van der Waals surface area contributed by atoms with Gasteiger partial charge in [0.05, 0.1) is 12.7 Å². The number of alkyl halides is 2. The van der Waals surface area contributed by atoms with Gasteiger partial charge in [0.15, 0.2) is 5.82 Å². The Hall–Kier alpha value is -1.79. The molecule has 0 radical (unpaired) electrons. The van der Waals surface area contributed by atoms with Crippen molar-refractivity contribution < 1.29 is 22.7 Å². The number of primary amides is 1. The fraction of sp³-hybridized carbons (Fsp3) is 0.250. The fourth-order valence-corrected chi connectivity index (χ4v) is 0.953. The molecule has 0 atom stereocenters. The molecule has 0 unspecified atom stereocenters. The maximum atomic E-state index is 13.2. The van der Waals surface area contributed by atoms with E-state index < -0.39 is 29.4 Å². The molecule has 0 aromatic carbocycles. The number of methoxy groups -OCH3 is 1. The van der Waals surface area contributed by atoms with Crippen LogP contribution in [-0.2, 0) is 0 Å².